The first-order chi connectivity index (χ1) is 7.45. The van der Waals surface area contributed by atoms with Crippen LogP contribution < -0.4 is 5.43 Å². The molecular formula is C12H12N2O. The minimum atomic E-state index is 0.720. The van der Waals surface area contributed by atoms with Crippen molar-refractivity contribution >= 4 is 6.21 Å². The average Bonchev–Trinajstić information content (AvgIpc) is 2.79. The van der Waals surface area contributed by atoms with Crippen molar-refractivity contribution in [2.24, 2.45) is 5.10 Å². The first-order valence-corrected chi connectivity index (χ1v) is 4.78. The largest absolute Gasteiger partial charge is 0.463 e. The third-order valence-corrected chi connectivity index (χ3v) is 1.95. The van der Waals surface area contributed by atoms with E-state index in [0.717, 1.165) is 12.3 Å². The van der Waals surface area contributed by atoms with Crippen LogP contribution >= 0.6 is 0 Å². The summed E-state index contributed by atoms with van der Waals surface area (Å²) in [5, 5.41) is 4.04. The molecule has 2 rings (SSSR count). The summed E-state index contributed by atoms with van der Waals surface area (Å²) in [5.74, 6) is 0.746. The molecule has 0 aliphatic carbocycles. The minimum absolute atomic E-state index is 0.720. The molecule has 0 atom stereocenters. The van der Waals surface area contributed by atoms with Gasteiger partial charge < -0.3 is 9.84 Å². The molecule has 0 fully saturated rings. The number of benzene rings is 1. The van der Waals surface area contributed by atoms with Gasteiger partial charge in [-0.3, -0.25) is 0 Å². The summed E-state index contributed by atoms with van der Waals surface area (Å²) in [7, 11) is 0. The van der Waals surface area contributed by atoms with Gasteiger partial charge in [0.15, 0.2) is 0 Å². The molecule has 0 amide bonds. The molecule has 0 unspecified atom stereocenters. The summed E-state index contributed by atoms with van der Waals surface area (Å²) < 4.78 is 5.10. The Labute approximate surface area is 88.4 Å². The van der Waals surface area contributed by atoms with Crippen molar-refractivity contribution in [3.8, 4) is 0 Å². The molecule has 3 nitrogen and oxygen atoms in total. The molecule has 1 aromatic heterocycles. The Morgan fingerprint density at radius 3 is 2.73 bits per heavy atom. The first-order valence-electron chi connectivity index (χ1n) is 4.78. The maximum atomic E-state index is 5.10. The number of hydrazone groups is 1. The zero-order valence-corrected chi connectivity index (χ0v) is 8.26. The van der Waals surface area contributed by atoms with Gasteiger partial charge >= 0.3 is 0 Å². The molecule has 2 aromatic rings. The summed E-state index contributed by atoms with van der Waals surface area (Å²) in [4.78, 5) is 0. The molecule has 0 radical (unpaired) electrons. The van der Waals surface area contributed by atoms with E-state index in [1.165, 1.54) is 5.56 Å². The van der Waals surface area contributed by atoms with Crippen LogP contribution in [-0.4, -0.2) is 6.21 Å². The van der Waals surface area contributed by atoms with E-state index in [9.17, 15) is 0 Å². The Kier molecular flexibility index (Phi) is 3.18. The lowest BCUT2D eigenvalue weighted by atomic mass is 10.2. The quantitative estimate of drug-likeness (QED) is 0.608. The topological polar surface area (TPSA) is 37.5 Å². The average molecular weight is 200 g/mol. The van der Waals surface area contributed by atoms with E-state index in [1.54, 1.807) is 12.5 Å². The number of nitrogens with zero attached hydrogens (tertiary/aromatic N) is 1. The lowest BCUT2D eigenvalue weighted by Gasteiger charge is -1.98. The summed E-state index contributed by atoms with van der Waals surface area (Å²) in [5.41, 5.74) is 4.15. The number of hydrogen-bond donors (Lipinski definition) is 1. The Morgan fingerprint density at radius 1 is 1.13 bits per heavy atom. The van der Waals surface area contributed by atoms with Crippen molar-refractivity contribution < 1.29 is 4.42 Å². The molecule has 15 heavy (non-hydrogen) atoms. The number of furan rings is 1. The first kappa shape index (κ1) is 9.52. The lowest BCUT2D eigenvalue weighted by Crippen LogP contribution is -2.04. The monoisotopic (exact) mass is 200 g/mol. The number of hydrogen-bond acceptors (Lipinski definition) is 3. The number of rotatable bonds is 4. The van der Waals surface area contributed by atoms with E-state index in [-0.39, 0.29) is 0 Å². The van der Waals surface area contributed by atoms with Gasteiger partial charge in [-0.15, -0.1) is 0 Å². The maximum absolute atomic E-state index is 5.10. The van der Waals surface area contributed by atoms with Crippen LogP contribution in [0.2, 0.25) is 0 Å². The SMILES string of the molecule is C(=N\NCc1ccccc1)/c1ccco1. The van der Waals surface area contributed by atoms with Gasteiger partial charge in [0.25, 0.3) is 0 Å². The van der Waals surface area contributed by atoms with Gasteiger partial charge in [0.05, 0.1) is 19.0 Å². The summed E-state index contributed by atoms with van der Waals surface area (Å²) in [6.07, 6.45) is 3.28. The van der Waals surface area contributed by atoms with Crippen LogP contribution in [0.5, 0.6) is 0 Å². The van der Waals surface area contributed by atoms with Gasteiger partial charge in [0, 0.05) is 0 Å². The van der Waals surface area contributed by atoms with E-state index in [2.05, 4.69) is 22.7 Å². The van der Waals surface area contributed by atoms with Crippen molar-refractivity contribution in [3.63, 3.8) is 0 Å². The molecule has 0 aliphatic heterocycles. The van der Waals surface area contributed by atoms with Crippen molar-refractivity contribution in [2.75, 3.05) is 0 Å². The van der Waals surface area contributed by atoms with E-state index in [0.29, 0.717) is 0 Å². The van der Waals surface area contributed by atoms with Gasteiger partial charge in [-0.25, -0.2) is 0 Å². The molecule has 3 heteroatoms. The second kappa shape index (κ2) is 5.00. The highest BCUT2D eigenvalue weighted by Gasteiger charge is 1.89. The van der Waals surface area contributed by atoms with Crippen molar-refractivity contribution in [3.05, 3.63) is 60.1 Å². The second-order valence-corrected chi connectivity index (χ2v) is 3.09. The van der Waals surface area contributed by atoms with E-state index >= 15 is 0 Å². The van der Waals surface area contributed by atoms with Gasteiger partial charge in [-0.05, 0) is 17.7 Å². The fourth-order valence-corrected chi connectivity index (χ4v) is 1.21. The highest BCUT2D eigenvalue weighted by Crippen LogP contribution is 1.97. The summed E-state index contributed by atoms with van der Waals surface area (Å²) >= 11 is 0. The van der Waals surface area contributed by atoms with E-state index < -0.39 is 0 Å². The Balaban J connectivity index is 1.80. The van der Waals surface area contributed by atoms with Crippen LogP contribution in [0.25, 0.3) is 0 Å². The molecule has 1 heterocycles. The van der Waals surface area contributed by atoms with Gasteiger partial charge in [-0.1, -0.05) is 30.3 Å². The highest BCUT2D eigenvalue weighted by atomic mass is 16.3. The molecule has 1 aromatic carbocycles. The molecule has 76 valence electrons. The summed E-state index contributed by atoms with van der Waals surface area (Å²) in [6, 6.07) is 13.8. The van der Waals surface area contributed by atoms with Crippen LogP contribution in [0, 0.1) is 0 Å². The van der Waals surface area contributed by atoms with Gasteiger partial charge in [0.1, 0.15) is 5.76 Å². The van der Waals surface area contributed by atoms with Crippen LogP contribution in [0.15, 0.2) is 58.2 Å². The molecule has 0 bridgehead atoms. The zero-order valence-electron chi connectivity index (χ0n) is 8.26. The van der Waals surface area contributed by atoms with Crippen LogP contribution in [-0.2, 0) is 6.54 Å². The van der Waals surface area contributed by atoms with Crippen molar-refractivity contribution in [2.45, 2.75) is 6.54 Å². The normalized spacial score (nSPS) is 10.7. The fourth-order valence-electron chi connectivity index (χ4n) is 1.21. The van der Waals surface area contributed by atoms with Crippen molar-refractivity contribution in [1.82, 2.24) is 5.43 Å². The maximum Gasteiger partial charge on any atom is 0.146 e. The van der Waals surface area contributed by atoms with Crippen molar-refractivity contribution in [1.29, 1.82) is 0 Å². The standard InChI is InChI=1S/C12H12N2O/c1-2-5-11(6-3-1)9-13-14-10-12-7-4-8-15-12/h1-8,10,13H,9H2/b14-10+. The Bertz CT molecular complexity index is 406. The smallest absolute Gasteiger partial charge is 0.146 e. The third-order valence-electron chi connectivity index (χ3n) is 1.95. The highest BCUT2D eigenvalue weighted by molar-refractivity contribution is 5.75. The Morgan fingerprint density at radius 2 is 2.00 bits per heavy atom. The van der Waals surface area contributed by atoms with Gasteiger partial charge in [0.2, 0.25) is 0 Å². The number of nitrogens with one attached hydrogen (secondary N) is 1. The molecule has 0 saturated carbocycles. The second-order valence-electron chi connectivity index (χ2n) is 3.09. The van der Waals surface area contributed by atoms with Crippen LogP contribution in [0.4, 0.5) is 0 Å². The Hall–Kier alpha value is -2.03. The third kappa shape index (κ3) is 2.98. The lowest BCUT2D eigenvalue weighted by molar-refractivity contribution is 0.559. The molecule has 0 aliphatic rings. The predicted octanol–water partition coefficient (Wildman–Crippen LogP) is 2.40. The zero-order chi connectivity index (χ0) is 10.3. The van der Waals surface area contributed by atoms with E-state index in [1.807, 2.05) is 30.3 Å². The molecule has 0 spiro atoms. The van der Waals surface area contributed by atoms with Crippen LogP contribution in [0.3, 0.4) is 0 Å². The molecule has 1 N–H and O–H groups in total. The fraction of sp³-hybridized carbons (Fsp3) is 0.0833. The van der Waals surface area contributed by atoms with Crippen LogP contribution in [0.1, 0.15) is 11.3 Å². The van der Waals surface area contributed by atoms with E-state index in [4.69, 9.17) is 4.42 Å². The molecular weight excluding hydrogens is 188 g/mol. The predicted molar refractivity (Wildman–Crippen MR) is 59.6 cm³/mol. The minimum Gasteiger partial charge on any atom is -0.463 e. The summed E-state index contributed by atoms with van der Waals surface area (Å²) in [6.45, 7) is 0.720. The van der Waals surface area contributed by atoms with Gasteiger partial charge in [-0.2, -0.15) is 5.10 Å². The molecule has 0 saturated heterocycles.